The van der Waals surface area contributed by atoms with Crippen LogP contribution in [0.15, 0.2) is 42.5 Å². The van der Waals surface area contributed by atoms with Crippen molar-refractivity contribution >= 4 is 28.5 Å². The fourth-order valence-corrected chi connectivity index (χ4v) is 7.18. The maximum atomic E-state index is 13.5. The molecule has 1 N–H and O–H groups in total. The molecule has 6 heteroatoms. The summed E-state index contributed by atoms with van der Waals surface area (Å²) in [6, 6.07) is 14.2. The second-order valence-corrected chi connectivity index (χ2v) is 11.5. The van der Waals surface area contributed by atoms with Crippen molar-refractivity contribution in [2.45, 2.75) is 70.8 Å². The van der Waals surface area contributed by atoms with E-state index in [1.165, 1.54) is 55.2 Å². The van der Waals surface area contributed by atoms with Gasteiger partial charge in [-0.25, -0.2) is 4.79 Å². The molecule has 1 aliphatic carbocycles. The fourth-order valence-electron chi connectivity index (χ4n) is 7.18. The Kier molecular flexibility index (Phi) is 6.89. The smallest absolute Gasteiger partial charge is 0.335 e. The second-order valence-electron chi connectivity index (χ2n) is 11.5. The highest BCUT2D eigenvalue weighted by atomic mass is 16.4. The van der Waals surface area contributed by atoms with Crippen LogP contribution in [-0.4, -0.2) is 52.6 Å². The van der Waals surface area contributed by atoms with Crippen LogP contribution in [0, 0.1) is 5.92 Å². The molecule has 2 aromatic carbocycles. The topological polar surface area (TPSA) is 65.8 Å². The number of likely N-dealkylation sites (tertiary alicyclic amines) is 1. The van der Waals surface area contributed by atoms with Gasteiger partial charge < -0.3 is 19.5 Å². The minimum atomic E-state index is -0.894. The third-order valence-corrected chi connectivity index (χ3v) is 9.23. The van der Waals surface area contributed by atoms with Gasteiger partial charge in [0, 0.05) is 48.3 Å². The SMILES string of the molecule is CCC1CCCN(C(=O)CN2CCn3c(c(C4CCCCC4)c4ccc(C(=O)O)cc43)-c3ccccc32)C1. The first-order valence-corrected chi connectivity index (χ1v) is 14.6. The van der Waals surface area contributed by atoms with E-state index in [4.69, 9.17) is 0 Å². The molecule has 3 aliphatic rings. The molecule has 200 valence electrons. The lowest BCUT2D eigenvalue weighted by atomic mass is 9.81. The third-order valence-electron chi connectivity index (χ3n) is 9.23. The lowest BCUT2D eigenvalue weighted by Gasteiger charge is -2.34. The number of hydrogen-bond donors (Lipinski definition) is 1. The average Bonchev–Trinajstić information content (AvgIpc) is 3.20. The van der Waals surface area contributed by atoms with Gasteiger partial charge in [0.1, 0.15) is 0 Å². The number of para-hydroxylation sites is 1. The number of anilines is 1. The molecule has 3 aromatic rings. The monoisotopic (exact) mass is 513 g/mol. The number of hydrogen-bond acceptors (Lipinski definition) is 3. The second kappa shape index (κ2) is 10.5. The Labute approximate surface area is 225 Å². The Morgan fingerprint density at radius 2 is 1.76 bits per heavy atom. The number of amides is 1. The normalized spacial score (nSPS) is 20.2. The van der Waals surface area contributed by atoms with Crippen molar-refractivity contribution in [1.29, 1.82) is 0 Å². The molecule has 2 fully saturated rings. The van der Waals surface area contributed by atoms with Gasteiger partial charge in [-0.2, -0.15) is 0 Å². The van der Waals surface area contributed by atoms with Crippen LogP contribution in [0.25, 0.3) is 22.2 Å². The molecule has 0 spiro atoms. The molecule has 1 unspecified atom stereocenters. The van der Waals surface area contributed by atoms with E-state index in [-0.39, 0.29) is 5.91 Å². The molecule has 1 atom stereocenters. The molecule has 1 saturated carbocycles. The first-order valence-electron chi connectivity index (χ1n) is 14.6. The van der Waals surface area contributed by atoms with Crippen LogP contribution >= 0.6 is 0 Å². The lowest BCUT2D eigenvalue weighted by molar-refractivity contribution is -0.131. The van der Waals surface area contributed by atoms with Crippen LogP contribution in [0.2, 0.25) is 0 Å². The zero-order chi connectivity index (χ0) is 26.2. The number of rotatable bonds is 5. The van der Waals surface area contributed by atoms with Gasteiger partial charge in [-0.1, -0.05) is 56.9 Å². The Hall–Kier alpha value is -3.28. The number of fused-ring (bicyclic) bond motifs is 5. The summed E-state index contributed by atoms with van der Waals surface area (Å²) in [5.74, 6) is 0.404. The molecule has 1 saturated heterocycles. The van der Waals surface area contributed by atoms with Crippen LogP contribution in [0.3, 0.4) is 0 Å². The maximum Gasteiger partial charge on any atom is 0.335 e. The number of carbonyl (C=O) groups is 2. The van der Waals surface area contributed by atoms with Gasteiger partial charge in [0.15, 0.2) is 0 Å². The first kappa shape index (κ1) is 25.0. The zero-order valence-corrected chi connectivity index (χ0v) is 22.5. The quantitative estimate of drug-likeness (QED) is 0.422. The van der Waals surface area contributed by atoms with Gasteiger partial charge in [-0.3, -0.25) is 4.79 Å². The van der Waals surface area contributed by atoms with E-state index in [9.17, 15) is 14.7 Å². The Balaban J connectivity index is 1.43. The van der Waals surface area contributed by atoms with Crippen molar-refractivity contribution in [2.24, 2.45) is 5.92 Å². The van der Waals surface area contributed by atoms with Gasteiger partial charge >= 0.3 is 5.97 Å². The average molecular weight is 514 g/mol. The summed E-state index contributed by atoms with van der Waals surface area (Å²) in [6.45, 7) is 5.78. The number of piperidine rings is 1. The molecular weight excluding hydrogens is 474 g/mol. The predicted molar refractivity (Wildman–Crippen MR) is 152 cm³/mol. The van der Waals surface area contributed by atoms with Gasteiger partial charge in [0.2, 0.25) is 5.91 Å². The standard InChI is InChI=1S/C32H39N3O3/c1-2-22-9-8-16-34(20-22)29(36)21-33-17-18-35-28-19-24(32(37)38)14-15-25(28)30(23-10-4-3-5-11-23)31(35)26-12-6-7-13-27(26)33/h6-7,12-15,19,22-23H,2-5,8-11,16-18,20-21H2,1H3,(H,37,38). The van der Waals surface area contributed by atoms with E-state index in [0.717, 1.165) is 49.2 Å². The van der Waals surface area contributed by atoms with Gasteiger partial charge in [0.05, 0.1) is 17.8 Å². The summed E-state index contributed by atoms with van der Waals surface area (Å²) in [5.41, 5.74) is 6.21. The minimum absolute atomic E-state index is 0.218. The van der Waals surface area contributed by atoms with Crippen LogP contribution in [0.4, 0.5) is 5.69 Å². The van der Waals surface area contributed by atoms with Crippen molar-refractivity contribution in [3.63, 3.8) is 0 Å². The van der Waals surface area contributed by atoms with E-state index < -0.39 is 5.97 Å². The van der Waals surface area contributed by atoms with E-state index in [1.807, 2.05) is 12.1 Å². The third kappa shape index (κ3) is 4.48. The molecule has 3 heterocycles. The van der Waals surface area contributed by atoms with E-state index in [1.54, 1.807) is 6.07 Å². The summed E-state index contributed by atoms with van der Waals surface area (Å²) < 4.78 is 2.35. The Morgan fingerprint density at radius 1 is 0.947 bits per heavy atom. The van der Waals surface area contributed by atoms with Crippen LogP contribution < -0.4 is 4.90 Å². The van der Waals surface area contributed by atoms with Crippen LogP contribution in [-0.2, 0) is 11.3 Å². The summed E-state index contributed by atoms with van der Waals surface area (Å²) in [5, 5.41) is 10.9. The van der Waals surface area contributed by atoms with Crippen molar-refractivity contribution in [2.75, 3.05) is 31.1 Å². The maximum absolute atomic E-state index is 13.5. The number of carbonyl (C=O) groups excluding carboxylic acids is 1. The minimum Gasteiger partial charge on any atom is -0.478 e. The predicted octanol–water partition coefficient (Wildman–Crippen LogP) is 6.52. The molecule has 0 radical (unpaired) electrons. The highest BCUT2D eigenvalue weighted by Crippen LogP contribution is 2.47. The highest BCUT2D eigenvalue weighted by molar-refractivity contribution is 6.00. The molecular formula is C32H39N3O3. The Bertz CT molecular complexity index is 1350. The first-order chi connectivity index (χ1) is 18.5. The largest absolute Gasteiger partial charge is 0.478 e. The summed E-state index contributed by atoms with van der Waals surface area (Å²) >= 11 is 0. The fraction of sp³-hybridized carbons (Fsp3) is 0.500. The molecule has 1 amide bonds. The summed E-state index contributed by atoms with van der Waals surface area (Å²) in [4.78, 5) is 29.8. The van der Waals surface area contributed by atoms with Crippen molar-refractivity contribution in [1.82, 2.24) is 9.47 Å². The van der Waals surface area contributed by atoms with Gasteiger partial charge in [-0.15, -0.1) is 0 Å². The number of nitrogens with zero attached hydrogens (tertiary/aromatic N) is 3. The van der Waals surface area contributed by atoms with E-state index in [0.29, 0.717) is 30.5 Å². The van der Waals surface area contributed by atoms with Crippen molar-refractivity contribution in [3.8, 4) is 11.3 Å². The molecule has 6 nitrogen and oxygen atoms in total. The van der Waals surface area contributed by atoms with Crippen molar-refractivity contribution in [3.05, 3.63) is 53.6 Å². The molecule has 1 aromatic heterocycles. The number of benzene rings is 2. The molecule has 2 aliphatic heterocycles. The van der Waals surface area contributed by atoms with Crippen molar-refractivity contribution < 1.29 is 14.7 Å². The number of carboxylic acids is 1. The summed E-state index contributed by atoms with van der Waals surface area (Å²) in [7, 11) is 0. The number of aromatic nitrogens is 1. The number of carboxylic acid groups (broad SMARTS) is 1. The van der Waals surface area contributed by atoms with E-state index >= 15 is 0 Å². The van der Waals surface area contributed by atoms with Crippen LogP contribution in [0.5, 0.6) is 0 Å². The number of aromatic carboxylic acids is 1. The lowest BCUT2D eigenvalue weighted by Crippen LogP contribution is -2.45. The summed E-state index contributed by atoms with van der Waals surface area (Å²) in [6.07, 6.45) is 9.54. The van der Waals surface area contributed by atoms with Crippen LogP contribution in [0.1, 0.15) is 80.1 Å². The zero-order valence-electron chi connectivity index (χ0n) is 22.5. The van der Waals surface area contributed by atoms with Gasteiger partial charge in [0.25, 0.3) is 0 Å². The highest BCUT2D eigenvalue weighted by Gasteiger charge is 2.32. The molecule has 6 rings (SSSR count). The molecule has 0 bridgehead atoms. The Morgan fingerprint density at radius 3 is 2.55 bits per heavy atom. The molecule has 38 heavy (non-hydrogen) atoms. The van der Waals surface area contributed by atoms with E-state index in [2.05, 4.69) is 45.6 Å². The van der Waals surface area contributed by atoms with Gasteiger partial charge in [-0.05, 0) is 61.3 Å².